The Morgan fingerprint density at radius 3 is 1.35 bits per heavy atom. The number of aromatic nitrogens is 8. The molecule has 0 amide bonds. The SMILES string of the molecule is c1ccc(-c2ncccc2-c2nnc(-c3cccc(-c4nnc(-c5cccnc5-c5ccccn5)o4)c3)o2)nc1. The molecule has 0 fully saturated rings. The molecule has 0 aliphatic heterocycles. The van der Waals surface area contributed by atoms with Gasteiger partial charge in [0, 0.05) is 35.9 Å². The minimum atomic E-state index is 0.341. The minimum Gasteiger partial charge on any atom is -0.416 e. The Balaban J connectivity index is 1.20. The van der Waals surface area contributed by atoms with E-state index in [9.17, 15) is 0 Å². The summed E-state index contributed by atoms with van der Waals surface area (Å²) in [6, 6.07) is 26.2. The molecule has 6 aromatic heterocycles. The largest absolute Gasteiger partial charge is 0.416 e. The summed E-state index contributed by atoms with van der Waals surface area (Å²) in [5.41, 5.74) is 5.54. The van der Waals surface area contributed by atoms with Gasteiger partial charge in [0.15, 0.2) is 0 Å². The molecule has 7 rings (SSSR count). The molecule has 10 nitrogen and oxygen atoms in total. The maximum Gasteiger partial charge on any atom is 0.250 e. The van der Waals surface area contributed by atoms with Gasteiger partial charge in [-0.1, -0.05) is 18.2 Å². The Hall–Kier alpha value is -5.90. The number of pyridine rings is 4. The smallest absolute Gasteiger partial charge is 0.250 e. The lowest BCUT2D eigenvalue weighted by Crippen LogP contribution is -1.91. The van der Waals surface area contributed by atoms with Gasteiger partial charge in [0.25, 0.3) is 0 Å². The lowest BCUT2D eigenvalue weighted by molar-refractivity contribution is 0.582. The third kappa shape index (κ3) is 4.39. The number of hydrogen-bond donors (Lipinski definition) is 0. The number of rotatable bonds is 6. The Morgan fingerprint density at radius 1 is 0.400 bits per heavy atom. The van der Waals surface area contributed by atoms with Gasteiger partial charge < -0.3 is 8.83 Å². The van der Waals surface area contributed by atoms with Crippen LogP contribution in [-0.4, -0.2) is 40.3 Å². The van der Waals surface area contributed by atoms with Crippen molar-refractivity contribution >= 4 is 0 Å². The molecule has 0 aliphatic rings. The third-order valence-corrected chi connectivity index (χ3v) is 6.10. The molecule has 0 radical (unpaired) electrons. The molecule has 7 aromatic rings. The molecule has 190 valence electrons. The normalized spacial score (nSPS) is 11.0. The zero-order chi connectivity index (χ0) is 26.7. The molecule has 40 heavy (non-hydrogen) atoms. The average Bonchev–Trinajstić information content (AvgIpc) is 3.73. The van der Waals surface area contributed by atoms with Gasteiger partial charge in [-0.15, -0.1) is 20.4 Å². The van der Waals surface area contributed by atoms with Crippen LogP contribution in [0.2, 0.25) is 0 Å². The fourth-order valence-corrected chi connectivity index (χ4v) is 4.25. The lowest BCUT2D eigenvalue weighted by atomic mass is 10.1. The molecule has 0 saturated carbocycles. The summed E-state index contributed by atoms with van der Waals surface area (Å²) in [5, 5.41) is 17.1. The van der Waals surface area contributed by atoms with E-state index in [1.807, 2.05) is 84.9 Å². The highest BCUT2D eigenvalue weighted by Crippen LogP contribution is 2.33. The van der Waals surface area contributed by atoms with E-state index in [0.29, 0.717) is 68.6 Å². The van der Waals surface area contributed by atoms with Gasteiger partial charge in [0.1, 0.15) is 11.4 Å². The van der Waals surface area contributed by atoms with Gasteiger partial charge in [0.2, 0.25) is 23.6 Å². The van der Waals surface area contributed by atoms with E-state index in [1.54, 1.807) is 24.8 Å². The highest BCUT2D eigenvalue weighted by Gasteiger charge is 2.19. The zero-order valence-corrected chi connectivity index (χ0v) is 20.8. The van der Waals surface area contributed by atoms with Gasteiger partial charge in [0.05, 0.1) is 22.5 Å². The third-order valence-electron chi connectivity index (χ3n) is 6.10. The Labute approximate surface area is 227 Å². The van der Waals surface area contributed by atoms with Crippen LogP contribution in [0.1, 0.15) is 0 Å². The van der Waals surface area contributed by atoms with Crippen molar-refractivity contribution in [1.82, 2.24) is 40.3 Å². The van der Waals surface area contributed by atoms with Gasteiger partial charge in [-0.3, -0.25) is 19.9 Å². The Kier molecular flexibility index (Phi) is 5.87. The quantitative estimate of drug-likeness (QED) is 0.255. The molecule has 0 bridgehead atoms. The fourth-order valence-electron chi connectivity index (χ4n) is 4.25. The highest BCUT2D eigenvalue weighted by atomic mass is 16.4. The molecule has 0 saturated heterocycles. The molecule has 0 aliphatic carbocycles. The standard InChI is InChI=1S/C30H18N8O2/c1-3-14-31-23(12-1)25-21(10-6-16-33-25)29-37-35-27(39-29)19-8-5-9-20(18-19)28-36-38-30(40-28)22-11-7-17-34-26(22)24-13-2-4-15-32-24/h1-18H. The van der Waals surface area contributed by atoms with Crippen molar-refractivity contribution in [2.75, 3.05) is 0 Å². The van der Waals surface area contributed by atoms with E-state index < -0.39 is 0 Å². The molecule has 0 atom stereocenters. The van der Waals surface area contributed by atoms with Gasteiger partial charge in [-0.05, 0) is 66.7 Å². The second kappa shape index (κ2) is 10.1. The molecule has 0 spiro atoms. The van der Waals surface area contributed by atoms with E-state index in [2.05, 4.69) is 40.3 Å². The predicted molar refractivity (Wildman–Crippen MR) is 146 cm³/mol. The van der Waals surface area contributed by atoms with Crippen molar-refractivity contribution in [3.63, 3.8) is 0 Å². The van der Waals surface area contributed by atoms with Crippen molar-refractivity contribution in [3.05, 3.63) is 110 Å². The molecule has 10 heteroatoms. The average molecular weight is 523 g/mol. The van der Waals surface area contributed by atoms with Crippen LogP contribution < -0.4 is 0 Å². The van der Waals surface area contributed by atoms with Crippen LogP contribution in [0.4, 0.5) is 0 Å². The zero-order valence-electron chi connectivity index (χ0n) is 20.8. The second-order valence-corrected chi connectivity index (χ2v) is 8.63. The molecule has 6 heterocycles. The first-order valence-electron chi connectivity index (χ1n) is 12.3. The van der Waals surface area contributed by atoms with Gasteiger partial charge >= 0.3 is 0 Å². The fraction of sp³-hybridized carbons (Fsp3) is 0. The van der Waals surface area contributed by atoms with E-state index in [0.717, 1.165) is 0 Å². The predicted octanol–water partition coefficient (Wildman–Crippen LogP) is 6.03. The van der Waals surface area contributed by atoms with E-state index >= 15 is 0 Å². The maximum absolute atomic E-state index is 6.08. The van der Waals surface area contributed by atoms with Crippen molar-refractivity contribution < 1.29 is 8.83 Å². The second-order valence-electron chi connectivity index (χ2n) is 8.63. The minimum absolute atomic E-state index is 0.341. The summed E-state index contributed by atoms with van der Waals surface area (Å²) in [6.07, 6.45) is 6.85. The van der Waals surface area contributed by atoms with E-state index in [4.69, 9.17) is 8.83 Å². The number of hydrogen-bond acceptors (Lipinski definition) is 10. The summed E-state index contributed by atoms with van der Waals surface area (Å²) in [5.74, 6) is 1.37. The summed E-state index contributed by atoms with van der Waals surface area (Å²) in [4.78, 5) is 17.8. The molecule has 0 N–H and O–H groups in total. The maximum atomic E-state index is 6.08. The van der Waals surface area contributed by atoms with Crippen molar-refractivity contribution in [1.29, 1.82) is 0 Å². The van der Waals surface area contributed by atoms with Crippen LogP contribution in [0.3, 0.4) is 0 Å². The molecular formula is C30H18N8O2. The van der Waals surface area contributed by atoms with Crippen LogP contribution >= 0.6 is 0 Å². The molecule has 0 unspecified atom stereocenters. The molecular weight excluding hydrogens is 504 g/mol. The summed E-state index contributed by atoms with van der Waals surface area (Å²) in [7, 11) is 0. The van der Waals surface area contributed by atoms with Crippen LogP contribution in [0, 0.1) is 0 Å². The van der Waals surface area contributed by atoms with Crippen molar-refractivity contribution in [3.8, 4) is 68.6 Å². The van der Waals surface area contributed by atoms with E-state index in [1.165, 1.54) is 0 Å². The van der Waals surface area contributed by atoms with Crippen LogP contribution in [0.25, 0.3) is 68.6 Å². The highest BCUT2D eigenvalue weighted by molar-refractivity contribution is 5.76. The molecule has 1 aromatic carbocycles. The first-order chi connectivity index (χ1) is 19.8. The van der Waals surface area contributed by atoms with Crippen LogP contribution in [-0.2, 0) is 0 Å². The van der Waals surface area contributed by atoms with Gasteiger partial charge in [-0.2, -0.15) is 0 Å². The van der Waals surface area contributed by atoms with Crippen LogP contribution in [0.5, 0.6) is 0 Å². The first-order valence-corrected chi connectivity index (χ1v) is 12.3. The summed E-state index contributed by atoms with van der Waals surface area (Å²) < 4.78 is 12.2. The monoisotopic (exact) mass is 522 g/mol. The summed E-state index contributed by atoms with van der Waals surface area (Å²) >= 11 is 0. The Morgan fingerprint density at radius 2 is 0.875 bits per heavy atom. The number of benzene rings is 1. The number of nitrogens with zero attached hydrogens (tertiary/aromatic N) is 8. The summed E-state index contributed by atoms with van der Waals surface area (Å²) in [6.45, 7) is 0. The van der Waals surface area contributed by atoms with Crippen molar-refractivity contribution in [2.45, 2.75) is 0 Å². The lowest BCUT2D eigenvalue weighted by Gasteiger charge is -2.04. The first kappa shape index (κ1) is 23.2. The van der Waals surface area contributed by atoms with Crippen LogP contribution in [0.15, 0.2) is 119 Å². The Bertz CT molecular complexity index is 1780. The van der Waals surface area contributed by atoms with E-state index in [-0.39, 0.29) is 0 Å². The van der Waals surface area contributed by atoms with Crippen molar-refractivity contribution in [2.24, 2.45) is 0 Å². The van der Waals surface area contributed by atoms with Gasteiger partial charge in [-0.25, -0.2) is 0 Å². The topological polar surface area (TPSA) is 129 Å².